The van der Waals surface area contributed by atoms with E-state index in [1.165, 1.54) is 12.1 Å². The van der Waals surface area contributed by atoms with E-state index in [9.17, 15) is 13.6 Å². The van der Waals surface area contributed by atoms with E-state index in [1.54, 1.807) is 6.92 Å². The number of benzene rings is 1. The van der Waals surface area contributed by atoms with Gasteiger partial charge in [-0.25, -0.2) is 8.78 Å². The molecule has 0 aliphatic carbocycles. The first kappa shape index (κ1) is 16.3. The number of ether oxygens (including phenoxy) is 1. The monoisotopic (exact) mass is 324 g/mol. The molecule has 0 radical (unpaired) electrons. The normalized spacial score (nSPS) is 27.7. The lowest BCUT2D eigenvalue weighted by molar-refractivity contribution is -0.122. The maximum Gasteiger partial charge on any atom is 0.220 e. The summed E-state index contributed by atoms with van der Waals surface area (Å²) < 4.78 is 32.3. The molecule has 3 unspecified atom stereocenters. The third-order valence-electron chi connectivity index (χ3n) is 4.82. The molecule has 1 amide bonds. The number of hydrogen-bond acceptors (Lipinski definition) is 3. The molecule has 1 aromatic rings. The van der Waals surface area contributed by atoms with Crippen molar-refractivity contribution in [1.29, 1.82) is 0 Å². The van der Waals surface area contributed by atoms with Crippen molar-refractivity contribution in [3.8, 4) is 0 Å². The molecule has 0 spiro atoms. The van der Waals surface area contributed by atoms with Gasteiger partial charge in [-0.1, -0.05) is 6.07 Å². The van der Waals surface area contributed by atoms with E-state index in [2.05, 4.69) is 10.6 Å². The topological polar surface area (TPSA) is 50.4 Å². The molecule has 126 valence electrons. The first-order valence-electron chi connectivity index (χ1n) is 8.07. The first-order chi connectivity index (χ1) is 11.0. The fraction of sp³-hybridized carbons (Fsp3) is 0.588. The fourth-order valence-electron chi connectivity index (χ4n) is 3.53. The summed E-state index contributed by atoms with van der Waals surface area (Å²) in [5, 5.41) is 6.33. The molecule has 2 N–H and O–H groups in total. The summed E-state index contributed by atoms with van der Waals surface area (Å²) in [7, 11) is 0. The van der Waals surface area contributed by atoms with E-state index < -0.39 is 17.7 Å². The van der Waals surface area contributed by atoms with E-state index in [1.807, 2.05) is 0 Å². The van der Waals surface area contributed by atoms with Gasteiger partial charge in [0.25, 0.3) is 0 Å². The lowest BCUT2D eigenvalue weighted by Crippen LogP contribution is -2.53. The standard InChI is InChI=1S/C17H22F2N2O2/c1-11(14-3-2-12(18)8-15(14)19)20-16(22)5-7-17-6-4-13(21-17)9-23-10-17/h2-3,8,11,13,21H,4-7,9-10H2,1H3,(H,20,22). The molecule has 3 rings (SSSR count). The minimum Gasteiger partial charge on any atom is -0.378 e. The average molecular weight is 324 g/mol. The Morgan fingerprint density at radius 2 is 2.35 bits per heavy atom. The van der Waals surface area contributed by atoms with Gasteiger partial charge in [-0.3, -0.25) is 4.79 Å². The molecule has 4 nitrogen and oxygen atoms in total. The average Bonchev–Trinajstić information content (AvgIpc) is 2.80. The molecule has 2 saturated heterocycles. The van der Waals surface area contributed by atoms with Gasteiger partial charge >= 0.3 is 0 Å². The SMILES string of the molecule is CC(NC(=O)CCC12CCC(COC1)N2)c1ccc(F)cc1F. The van der Waals surface area contributed by atoms with Crippen LogP contribution >= 0.6 is 0 Å². The van der Waals surface area contributed by atoms with E-state index in [0.717, 1.165) is 25.5 Å². The van der Waals surface area contributed by atoms with Crippen molar-refractivity contribution in [3.05, 3.63) is 35.4 Å². The maximum atomic E-state index is 13.7. The van der Waals surface area contributed by atoms with Gasteiger partial charge in [0, 0.05) is 29.6 Å². The predicted molar refractivity (Wildman–Crippen MR) is 81.9 cm³/mol. The summed E-state index contributed by atoms with van der Waals surface area (Å²) in [4.78, 5) is 12.1. The Labute approximate surface area is 134 Å². The summed E-state index contributed by atoms with van der Waals surface area (Å²) in [6.07, 6.45) is 3.16. The number of fused-ring (bicyclic) bond motifs is 2. The van der Waals surface area contributed by atoms with Crippen molar-refractivity contribution in [2.24, 2.45) is 0 Å². The van der Waals surface area contributed by atoms with Crippen LogP contribution < -0.4 is 10.6 Å². The number of rotatable bonds is 5. The molecular formula is C17H22F2N2O2. The van der Waals surface area contributed by atoms with E-state index in [-0.39, 0.29) is 17.0 Å². The minimum absolute atomic E-state index is 0.0926. The van der Waals surface area contributed by atoms with Crippen LogP contribution in [0.5, 0.6) is 0 Å². The van der Waals surface area contributed by atoms with Crippen LogP contribution in [0.25, 0.3) is 0 Å². The number of halogens is 2. The van der Waals surface area contributed by atoms with Crippen molar-refractivity contribution in [1.82, 2.24) is 10.6 Å². The fourth-order valence-corrected chi connectivity index (χ4v) is 3.53. The lowest BCUT2D eigenvalue weighted by atomic mass is 9.92. The first-order valence-corrected chi connectivity index (χ1v) is 8.07. The lowest BCUT2D eigenvalue weighted by Gasteiger charge is -2.34. The molecule has 2 aliphatic rings. The maximum absolute atomic E-state index is 13.7. The molecule has 2 bridgehead atoms. The van der Waals surface area contributed by atoms with Crippen molar-refractivity contribution in [2.45, 2.75) is 50.2 Å². The Kier molecular flexibility index (Phi) is 4.64. The highest BCUT2D eigenvalue weighted by Gasteiger charge is 2.42. The van der Waals surface area contributed by atoms with E-state index in [0.29, 0.717) is 25.5 Å². The van der Waals surface area contributed by atoms with Crippen LogP contribution in [0.3, 0.4) is 0 Å². The Bertz CT molecular complexity index is 592. The molecule has 2 fully saturated rings. The summed E-state index contributed by atoms with van der Waals surface area (Å²) in [6, 6.07) is 3.30. The van der Waals surface area contributed by atoms with Gasteiger partial charge in [0.2, 0.25) is 5.91 Å². The molecule has 0 aromatic heterocycles. The predicted octanol–water partition coefficient (Wildman–Crippen LogP) is 2.44. The third-order valence-corrected chi connectivity index (χ3v) is 4.82. The molecular weight excluding hydrogens is 302 g/mol. The quantitative estimate of drug-likeness (QED) is 0.875. The second-order valence-corrected chi connectivity index (χ2v) is 6.63. The Hall–Kier alpha value is -1.53. The molecule has 6 heteroatoms. The Balaban J connectivity index is 1.53. The smallest absolute Gasteiger partial charge is 0.220 e. The van der Waals surface area contributed by atoms with Crippen LogP contribution in [-0.4, -0.2) is 30.7 Å². The van der Waals surface area contributed by atoms with Crippen LogP contribution in [0.2, 0.25) is 0 Å². The molecule has 0 saturated carbocycles. The number of carbonyl (C=O) groups is 1. The highest BCUT2D eigenvalue weighted by atomic mass is 19.1. The van der Waals surface area contributed by atoms with Gasteiger partial charge in [0.15, 0.2) is 0 Å². The highest BCUT2D eigenvalue weighted by Crippen LogP contribution is 2.32. The number of nitrogens with one attached hydrogen (secondary N) is 2. The Morgan fingerprint density at radius 1 is 1.52 bits per heavy atom. The molecule has 2 aliphatic heterocycles. The van der Waals surface area contributed by atoms with Crippen LogP contribution in [0, 0.1) is 11.6 Å². The largest absolute Gasteiger partial charge is 0.378 e. The summed E-state index contributed by atoms with van der Waals surface area (Å²) in [5.74, 6) is -1.40. The van der Waals surface area contributed by atoms with E-state index >= 15 is 0 Å². The Morgan fingerprint density at radius 3 is 3.13 bits per heavy atom. The molecule has 1 aromatic carbocycles. The van der Waals surface area contributed by atoms with Gasteiger partial charge in [-0.15, -0.1) is 0 Å². The van der Waals surface area contributed by atoms with Gasteiger partial charge in [-0.2, -0.15) is 0 Å². The number of amides is 1. The summed E-state index contributed by atoms with van der Waals surface area (Å²) >= 11 is 0. The number of hydrogen-bond donors (Lipinski definition) is 2. The molecule has 23 heavy (non-hydrogen) atoms. The molecule has 2 heterocycles. The van der Waals surface area contributed by atoms with Crippen molar-refractivity contribution in [2.75, 3.05) is 13.2 Å². The van der Waals surface area contributed by atoms with Crippen LogP contribution in [0.15, 0.2) is 18.2 Å². The zero-order chi connectivity index (χ0) is 16.4. The minimum atomic E-state index is -0.641. The van der Waals surface area contributed by atoms with Gasteiger partial charge < -0.3 is 15.4 Å². The second-order valence-electron chi connectivity index (χ2n) is 6.63. The summed E-state index contributed by atoms with van der Waals surface area (Å²) in [5.41, 5.74) is 0.197. The molecule has 3 atom stereocenters. The van der Waals surface area contributed by atoms with Gasteiger partial charge in [0.1, 0.15) is 11.6 Å². The third kappa shape index (κ3) is 3.70. The zero-order valence-corrected chi connectivity index (χ0v) is 13.2. The van der Waals surface area contributed by atoms with Crippen LogP contribution in [0.1, 0.15) is 44.2 Å². The van der Waals surface area contributed by atoms with Crippen LogP contribution in [-0.2, 0) is 9.53 Å². The van der Waals surface area contributed by atoms with Crippen molar-refractivity contribution < 1.29 is 18.3 Å². The summed E-state index contributed by atoms with van der Waals surface area (Å²) in [6.45, 7) is 3.08. The van der Waals surface area contributed by atoms with Crippen LogP contribution in [0.4, 0.5) is 8.78 Å². The highest BCUT2D eigenvalue weighted by molar-refractivity contribution is 5.76. The second kappa shape index (κ2) is 6.53. The zero-order valence-electron chi connectivity index (χ0n) is 13.2. The number of morpholine rings is 1. The van der Waals surface area contributed by atoms with Gasteiger partial charge in [0.05, 0.1) is 19.3 Å². The number of carbonyl (C=O) groups excluding carboxylic acids is 1. The van der Waals surface area contributed by atoms with Crippen molar-refractivity contribution >= 4 is 5.91 Å². The van der Waals surface area contributed by atoms with E-state index in [4.69, 9.17) is 4.74 Å². The van der Waals surface area contributed by atoms with Crippen molar-refractivity contribution in [3.63, 3.8) is 0 Å². The van der Waals surface area contributed by atoms with Gasteiger partial charge in [-0.05, 0) is 32.3 Å².